The topological polar surface area (TPSA) is 95.4 Å². The number of rotatable bonds is 12. The molecule has 0 saturated carbocycles. The molecule has 33 heavy (non-hydrogen) atoms. The van der Waals surface area contributed by atoms with E-state index in [1.165, 1.54) is 6.08 Å². The first-order valence-electron chi connectivity index (χ1n) is 11.0. The van der Waals surface area contributed by atoms with E-state index in [1.54, 1.807) is 29.2 Å². The number of aryl methyl sites for hydroxylation is 1. The Kier molecular flexibility index (Phi) is 11.3. The third kappa shape index (κ3) is 9.16. The average Bonchev–Trinajstić information content (AvgIpc) is 2.83. The van der Waals surface area contributed by atoms with Gasteiger partial charge in [-0.3, -0.25) is 9.59 Å². The second kappa shape index (κ2) is 14.2. The zero-order valence-corrected chi connectivity index (χ0v) is 19.5. The minimum absolute atomic E-state index is 0.0664. The minimum atomic E-state index is -0.818. The van der Waals surface area contributed by atoms with Gasteiger partial charge in [0, 0.05) is 38.7 Å². The third-order valence-corrected chi connectivity index (χ3v) is 5.32. The standard InChI is InChI=1S/C25H31ClN4O3/c1-3-19(26)9-5-6-10-21-22(11-7-8-12-25(32)33)29-23(20(4-2)28-21)13-14-24(31)30-17-15-27-16-18-30/h3-6,9-10,13-14,19,27H,1-2,7-8,11-12,15-18H2,(H,32,33)/b9-5?,10-6+,14-13+. The van der Waals surface area contributed by atoms with Gasteiger partial charge < -0.3 is 15.3 Å². The molecule has 1 aromatic rings. The van der Waals surface area contributed by atoms with Gasteiger partial charge in [0.25, 0.3) is 0 Å². The van der Waals surface area contributed by atoms with Crippen LogP contribution in [-0.2, 0) is 16.0 Å². The molecule has 8 heteroatoms. The van der Waals surface area contributed by atoms with Crippen molar-refractivity contribution in [1.29, 1.82) is 0 Å². The molecule has 1 aromatic heterocycles. The number of hydrogen-bond donors (Lipinski definition) is 2. The van der Waals surface area contributed by atoms with Crippen molar-refractivity contribution in [3.05, 3.63) is 66.3 Å². The lowest BCUT2D eigenvalue weighted by Gasteiger charge is -2.26. The van der Waals surface area contributed by atoms with Crippen LogP contribution in [0.2, 0.25) is 0 Å². The Morgan fingerprint density at radius 1 is 1.09 bits per heavy atom. The summed E-state index contributed by atoms with van der Waals surface area (Å²) in [5.74, 6) is -0.885. The first kappa shape index (κ1) is 26.2. The average molecular weight is 471 g/mol. The first-order chi connectivity index (χ1) is 15.9. The number of nitrogens with zero attached hydrogens (tertiary/aromatic N) is 3. The molecule has 0 spiro atoms. The van der Waals surface area contributed by atoms with Crippen LogP contribution >= 0.6 is 11.6 Å². The number of alkyl halides is 1. The van der Waals surface area contributed by atoms with Gasteiger partial charge in [-0.25, -0.2) is 9.97 Å². The maximum absolute atomic E-state index is 12.5. The molecule has 1 atom stereocenters. The number of carboxylic acid groups (broad SMARTS) is 1. The second-order valence-electron chi connectivity index (χ2n) is 7.46. The van der Waals surface area contributed by atoms with Crippen molar-refractivity contribution in [2.24, 2.45) is 0 Å². The summed E-state index contributed by atoms with van der Waals surface area (Å²) in [7, 11) is 0. The van der Waals surface area contributed by atoms with E-state index in [0.717, 1.165) is 18.8 Å². The summed E-state index contributed by atoms with van der Waals surface area (Å²) in [6, 6.07) is 0. The number of allylic oxidation sites excluding steroid dienone is 4. The van der Waals surface area contributed by atoms with E-state index in [1.807, 2.05) is 18.2 Å². The van der Waals surface area contributed by atoms with E-state index in [-0.39, 0.29) is 17.7 Å². The molecule has 1 saturated heterocycles. The van der Waals surface area contributed by atoms with Gasteiger partial charge in [0.05, 0.1) is 28.2 Å². The molecular weight excluding hydrogens is 440 g/mol. The van der Waals surface area contributed by atoms with Gasteiger partial charge in [-0.15, -0.1) is 18.2 Å². The summed E-state index contributed by atoms with van der Waals surface area (Å²) in [5, 5.41) is 11.9. The number of unbranched alkanes of at least 4 members (excludes halogenated alkanes) is 1. The van der Waals surface area contributed by atoms with Crippen molar-refractivity contribution < 1.29 is 14.7 Å². The number of piperazine rings is 1. The summed E-state index contributed by atoms with van der Waals surface area (Å²) >= 11 is 6.00. The predicted molar refractivity (Wildman–Crippen MR) is 134 cm³/mol. The molecule has 1 fully saturated rings. The zero-order valence-electron chi connectivity index (χ0n) is 18.8. The summed E-state index contributed by atoms with van der Waals surface area (Å²) < 4.78 is 0. The molecule has 7 nitrogen and oxygen atoms in total. The van der Waals surface area contributed by atoms with Crippen LogP contribution in [0.5, 0.6) is 0 Å². The highest BCUT2D eigenvalue weighted by Crippen LogP contribution is 2.17. The number of carboxylic acids is 1. The third-order valence-electron chi connectivity index (χ3n) is 5.00. The molecule has 1 unspecified atom stereocenters. The van der Waals surface area contributed by atoms with Gasteiger partial charge in [-0.1, -0.05) is 30.9 Å². The zero-order chi connectivity index (χ0) is 24.1. The Hall–Kier alpha value is -3.03. The number of halogens is 1. The fourth-order valence-corrected chi connectivity index (χ4v) is 3.29. The SMILES string of the molecule is C=Cc1nc(/C=C/C=CC(Cl)C=C)c(CCCCC(=O)O)nc1/C=C/C(=O)N1CCNCC1. The highest BCUT2D eigenvalue weighted by atomic mass is 35.5. The van der Waals surface area contributed by atoms with Gasteiger partial charge >= 0.3 is 5.97 Å². The molecule has 0 aromatic carbocycles. The van der Waals surface area contributed by atoms with Crippen LogP contribution in [0.15, 0.2) is 43.5 Å². The van der Waals surface area contributed by atoms with Gasteiger partial charge in [0.15, 0.2) is 0 Å². The van der Waals surface area contributed by atoms with Crippen LogP contribution in [-0.4, -0.2) is 63.4 Å². The van der Waals surface area contributed by atoms with Gasteiger partial charge in [0.2, 0.25) is 5.91 Å². The molecular formula is C25H31ClN4O3. The highest BCUT2D eigenvalue weighted by Gasteiger charge is 2.14. The van der Waals surface area contributed by atoms with Crippen LogP contribution < -0.4 is 5.32 Å². The lowest BCUT2D eigenvalue weighted by Crippen LogP contribution is -2.45. The second-order valence-corrected chi connectivity index (χ2v) is 7.97. The number of nitrogens with one attached hydrogen (secondary N) is 1. The lowest BCUT2D eigenvalue weighted by molar-refractivity contribution is -0.137. The van der Waals surface area contributed by atoms with E-state index in [4.69, 9.17) is 21.7 Å². The molecule has 2 heterocycles. The van der Waals surface area contributed by atoms with Crippen molar-refractivity contribution in [3.8, 4) is 0 Å². The largest absolute Gasteiger partial charge is 0.481 e. The Balaban J connectivity index is 2.27. The van der Waals surface area contributed by atoms with Gasteiger partial charge in [-0.05, 0) is 37.5 Å². The Morgan fingerprint density at radius 3 is 2.52 bits per heavy atom. The van der Waals surface area contributed by atoms with Crippen LogP contribution in [0.1, 0.15) is 42.0 Å². The van der Waals surface area contributed by atoms with Crippen molar-refractivity contribution in [2.45, 2.75) is 31.1 Å². The van der Waals surface area contributed by atoms with Crippen molar-refractivity contribution in [3.63, 3.8) is 0 Å². The Labute approximate surface area is 200 Å². The predicted octanol–water partition coefficient (Wildman–Crippen LogP) is 3.72. The highest BCUT2D eigenvalue weighted by molar-refractivity contribution is 6.22. The fraction of sp³-hybridized carbons (Fsp3) is 0.360. The molecule has 2 N–H and O–H groups in total. The van der Waals surface area contributed by atoms with E-state index in [0.29, 0.717) is 49.4 Å². The number of aromatic nitrogens is 2. The van der Waals surface area contributed by atoms with Crippen molar-refractivity contribution >= 4 is 41.7 Å². The summed E-state index contributed by atoms with van der Waals surface area (Å²) in [6.45, 7) is 10.4. The first-order valence-corrected chi connectivity index (χ1v) is 11.4. The summed E-state index contributed by atoms with van der Waals surface area (Å²) in [4.78, 5) is 34.5. The normalized spacial score (nSPS) is 15.4. The van der Waals surface area contributed by atoms with Crippen molar-refractivity contribution in [2.75, 3.05) is 26.2 Å². The van der Waals surface area contributed by atoms with Crippen molar-refractivity contribution in [1.82, 2.24) is 20.2 Å². The maximum Gasteiger partial charge on any atom is 0.303 e. The quantitative estimate of drug-likeness (QED) is 0.159. The summed E-state index contributed by atoms with van der Waals surface area (Å²) in [6.07, 6.45) is 15.5. The number of aliphatic carboxylic acids is 1. The van der Waals surface area contributed by atoms with E-state index in [2.05, 4.69) is 23.5 Å². The minimum Gasteiger partial charge on any atom is -0.481 e. The molecule has 1 aliphatic rings. The number of carbonyl (C=O) groups is 2. The Morgan fingerprint density at radius 2 is 1.85 bits per heavy atom. The number of carbonyl (C=O) groups excluding carboxylic acids is 1. The molecule has 0 bridgehead atoms. The molecule has 176 valence electrons. The Bertz CT molecular complexity index is 934. The van der Waals surface area contributed by atoms with Gasteiger partial charge in [-0.2, -0.15) is 0 Å². The van der Waals surface area contributed by atoms with Crippen LogP contribution in [0, 0.1) is 0 Å². The fourth-order valence-electron chi connectivity index (χ4n) is 3.21. The molecule has 0 aliphatic carbocycles. The van der Waals surface area contributed by atoms with E-state index in [9.17, 15) is 9.59 Å². The molecule has 0 radical (unpaired) electrons. The van der Waals surface area contributed by atoms with E-state index < -0.39 is 5.97 Å². The molecule has 1 aliphatic heterocycles. The molecule has 2 rings (SSSR count). The smallest absolute Gasteiger partial charge is 0.303 e. The van der Waals surface area contributed by atoms with Gasteiger partial charge in [0.1, 0.15) is 0 Å². The van der Waals surface area contributed by atoms with Crippen LogP contribution in [0.3, 0.4) is 0 Å². The van der Waals surface area contributed by atoms with Crippen LogP contribution in [0.25, 0.3) is 18.2 Å². The monoisotopic (exact) mass is 470 g/mol. The number of hydrogen-bond acceptors (Lipinski definition) is 5. The molecule has 1 amide bonds. The summed E-state index contributed by atoms with van der Waals surface area (Å²) in [5.41, 5.74) is 2.52. The number of amides is 1. The van der Waals surface area contributed by atoms with E-state index >= 15 is 0 Å². The van der Waals surface area contributed by atoms with Crippen LogP contribution in [0.4, 0.5) is 0 Å². The lowest BCUT2D eigenvalue weighted by atomic mass is 10.1. The maximum atomic E-state index is 12.5.